The molecule has 0 heterocycles. The minimum atomic E-state index is -0.0213. The van der Waals surface area contributed by atoms with Gasteiger partial charge >= 0.3 is 5.97 Å². The van der Waals surface area contributed by atoms with E-state index in [1.54, 1.807) is 0 Å². The van der Waals surface area contributed by atoms with Crippen LogP contribution in [0.4, 0.5) is 0 Å². The molecule has 0 saturated heterocycles. The number of hydrogen-bond donors (Lipinski definition) is 0. The third-order valence-corrected chi connectivity index (χ3v) is 2.54. The van der Waals surface area contributed by atoms with Crippen LogP contribution in [0.1, 0.15) is 13.3 Å². The van der Waals surface area contributed by atoms with Gasteiger partial charge in [0.25, 0.3) is 0 Å². The molecule has 0 spiro atoms. The maximum Gasteiger partial charge on any atom is 0.309 e. The van der Waals surface area contributed by atoms with E-state index in [1.165, 1.54) is 0 Å². The van der Waals surface area contributed by atoms with Crippen LogP contribution in [0.3, 0.4) is 0 Å². The van der Waals surface area contributed by atoms with Crippen LogP contribution in [0.2, 0.25) is 0 Å². The zero-order chi connectivity index (χ0) is 7.56. The largest absolute Gasteiger partial charge is 0.466 e. The molecule has 1 aliphatic carbocycles. The number of esters is 1. The van der Waals surface area contributed by atoms with E-state index >= 15 is 0 Å². The molecule has 0 aromatic carbocycles. The highest BCUT2D eigenvalue weighted by Gasteiger charge is 2.42. The molecule has 1 saturated carbocycles. The number of alkyl halides is 1. The predicted molar refractivity (Wildman–Crippen MR) is 42.0 cm³/mol. The van der Waals surface area contributed by atoms with E-state index < -0.39 is 0 Å². The Hall–Kier alpha value is -0.0500. The zero-order valence-corrected chi connectivity index (χ0v) is 7.56. The maximum absolute atomic E-state index is 10.9. The third kappa shape index (κ3) is 1.72. The molecule has 1 aliphatic rings. The molecular weight excluding hydrogens is 196 g/mol. The molecule has 0 aromatic heterocycles. The Labute approximate surface area is 69.1 Å². The average molecular weight is 207 g/mol. The summed E-state index contributed by atoms with van der Waals surface area (Å²) in [6.45, 7) is 2.34. The lowest BCUT2D eigenvalue weighted by molar-refractivity contribution is -0.144. The fourth-order valence-corrected chi connectivity index (χ4v) is 1.67. The minimum absolute atomic E-state index is 0.0213. The lowest BCUT2D eigenvalue weighted by atomic mass is 10.3. The molecule has 1 rings (SSSR count). The van der Waals surface area contributed by atoms with Crippen LogP contribution in [0.25, 0.3) is 0 Å². The summed E-state index contributed by atoms with van der Waals surface area (Å²) < 4.78 is 4.84. The van der Waals surface area contributed by atoms with Crippen molar-refractivity contribution in [3.63, 3.8) is 0 Å². The van der Waals surface area contributed by atoms with Gasteiger partial charge < -0.3 is 4.74 Å². The van der Waals surface area contributed by atoms with E-state index in [0.717, 1.165) is 11.8 Å². The van der Waals surface area contributed by atoms with Gasteiger partial charge in [-0.25, -0.2) is 0 Å². The maximum atomic E-state index is 10.9. The van der Waals surface area contributed by atoms with E-state index in [4.69, 9.17) is 4.74 Å². The Morgan fingerprint density at radius 2 is 2.50 bits per heavy atom. The van der Waals surface area contributed by atoms with Gasteiger partial charge in [0.2, 0.25) is 0 Å². The molecule has 10 heavy (non-hydrogen) atoms. The van der Waals surface area contributed by atoms with Crippen molar-refractivity contribution >= 4 is 21.9 Å². The molecule has 58 valence electrons. The quantitative estimate of drug-likeness (QED) is 0.518. The number of carbonyl (C=O) groups excluding carboxylic acids is 1. The van der Waals surface area contributed by atoms with Gasteiger partial charge in [-0.2, -0.15) is 0 Å². The number of carbonyl (C=O) groups is 1. The van der Waals surface area contributed by atoms with E-state index in [9.17, 15) is 4.79 Å². The first-order valence-electron chi connectivity index (χ1n) is 3.52. The van der Waals surface area contributed by atoms with Gasteiger partial charge in [0, 0.05) is 5.33 Å². The Balaban J connectivity index is 2.19. The van der Waals surface area contributed by atoms with Gasteiger partial charge in [-0.15, -0.1) is 0 Å². The van der Waals surface area contributed by atoms with Gasteiger partial charge in [-0.1, -0.05) is 15.9 Å². The van der Waals surface area contributed by atoms with Crippen molar-refractivity contribution < 1.29 is 9.53 Å². The lowest BCUT2D eigenvalue weighted by Crippen LogP contribution is -2.07. The first kappa shape index (κ1) is 8.05. The van der Waals surface area contributed by atoms with Gasteiger partial charge in [0.15, 0.2) is 0 Å². The predicted octanol–water partition coefficient (Wildman–Crippen LogP) is 1.58. The number of rotatable bonds is 3. The molecule has 2 nitrogen and oxygen atoms in total. The summed E-state index contributed by atoms with van der Waals surface area (Å²) in [5.74, 6) is 0.713. The van der Waals surface area contributed by atoms with E-state index in [2.05, 4.69) is 15.9 Å². The highest BCUT2D eigenvalue weighted by molar-refractivity contribution is 9.09. The van der Waals surface area contributed by atoms with Crippen molar-refractivity contribution in [2.45, 2.75) is 13.3 Å². The van der Waals surface area contributed by atoms with Gasteiger partial charge in [0.1, 0.15) is 0 Å². The van der Waals surface area contributed by atoms with Gasteiger partial charge in [-0.05, 0) is 19.3 Å². The fourth-order valence-electron chi connectivity index (χ4n) is 0.956. The second-order valence-electron chi connectivity index (χ2n) is 2.51. The van der Waals surface area contributed by atoms with Crippen molar-refractivity contribution in [1.29, 1.82) is 0 Å². The van der Waals surface area contributed by atoms with Crippen molar-refractivity contribution in [3.8, 4) is 0 Å². The van der Waals surface area contributed by atoms with Crippen LogP contribution in [0, 0.1) is 11.8 Å². The van der Waals surface area contributed by atoms with Crippen LogP contribution >= 0.6 is 15.9 Å². The molecule has 0 radical (unpaired) electrons. The van der Waals surface area contributed by atoms with Gasteiger partial charge in [0.05, 0.1) is 12.5 Å². The summed E-state index contributed by atoms with van der Waals surface area (Å²) >= 11 is 3.33. The third-order valence-electron chi connectivity index (χ3n) is 1.71. The second-order valence-corrected chi connectivity index (χ2v) is 3.16. The van der Waals surface area contributed by atoms with E-state index in [1.807, 2.05) is 6.92 Å². The molecule has 0 aliphatic heterocycles. The minimum Gasteiger partial charge on any atom is -0.466 e. The van der Waals surface area contributed by atoms with E-state index in [-0.39, 0.29) is 11.9 Å². The molecule has 3 heteroatoms. The molecule has 0 aromatic rings. The van der Waals surface area contributed by atoms with Crippen LogP contribution in [-0.2, 0) is 9.53 Å². The first-order chi connectivity index (χ1) is 4.79. The average Bonchev–Trinajstić information content (AvgIpc) is 2.66. The van der Waals surface area contributed by atoms with Crippen LogP contribution in [0.5, 0.6) is 0 Å². The summed E-state index contributed by atoms with van der Waals surface area (Å²) in [6, 6.07) is 0. The van der Waals surface area contributed by atoms with Gasteiger partial charge in [-0.3, -0.25) is 4.79 Å². The van der Waals surface area contributed by atoms with Crippen LogP contribution in [-0.4, -0.2) is 17.9 Å². The highest BCUT2D eigenvalue weighted by Crippen LogP contribution is 2.40. The smallest absolute Gasteiger partial charge is 0.309 e. The Kier molecular flexibility index (Phi) is 2.72. The number of halogens is 1. The van der Waals surface area contributed by atoms with Crippen LogP contribution in [0.15, 0.2) is 0 Å². The van der Waals surface area contributed by atoms with Crippen molar-refractivity contribution in [2.75, 3.05) is 11.9 Å². The monoisotopic (exact) mass is 206 g/mol. The molecule has 0 amide bonds. The second kappa shape index (κ2) is 3.37. The summed E-state index contributed by atoms with van der Waals surface area (Å²) in [5, 5.41) is 0.927. The van der Waals surface area contributed by atoms with Crippen LogP contribution < -0.4 is 0 Å². The Bertz CT molecular complexity index is 136. The lowest BCUT2D eigenvalue weighted by Gasteiger charge is -1.97. The normalized spacial score (nSPS) is 29.8. The van der Waals surface area contributed by atoms with Crippen molar-refractivity contribution in [1.82, 2.24) is 0 Å². The summed E-state index contributed by atoms with van der Waals surface area (Å²) in [7, 11) is 0. The summed E-state index contributed by atoms with van der Waals surface area (Å²) in [4.78, 5) is 10.9. The van der Waals surface area contributed by atoms with Crippen molar-refractivity contribution in [3.05, 3.63) is 0 Å². The molecule has 0 bridgehead atoms. The molecule has 1 fully saturated rings. The van der Waals surface area contributed by atoms with Crippen molar-refractivity contribution in [2.24, 2.45) is 11.8 Å². The standard InChI is InChI=1S/C7H11BrO2/c1-2-10-7(9)6-3-5(6)4-8/h5-6H,2-4H2,1H3/t5-,6-/m0/s1. The molecule has 0 unspecified atom stereocenters. The summed E-state index contributed by atoms with van der Waals surface area (Å²) in [6.07, 6.45) is 1.00. The number of ether oxygens (including phenoxy) is 1. The van der Waals surface area contributed by atoms with E-state index in [0.29, 0.717) is 12.5 Å². The topological polar surface area (TPSA) is 26.3 Å². The molecular formula is C7H11BrO2. The first-order valence-corrected chi connectivity index (χ1v) is 4.64. The highest BCUT2D eigenvalue weighted by atomic mass is 79.9. The Morgan fingerprint density at radius 1 is 1.80 bits per heavy atom. The number of hydrogen-bond acceptors (Lipinski definition) is 2. The molecule has 2 atom stereocenters. The Morgan fingerprint density at radius 3 is 2.90 bits per heavy atom. The summed E-state index contributed by atoms with van der Waals surface area (Å²) in [5.41, 5.74) is 0. The fraction of sp³-hybridized carbons (Fsp3) is 0.857. The SMILES string of the molecule is CCOC(=O)[C@H]1C[C@H]1CBr. The zero-order valence-electron chi connectivity index (χ0n) is 5.97. The molecule has 0 N–H and O–H groups in total.